The number of halogens is 1. The summed E-state index contributed by atoms with van der Waals surface area (Å²) in [6, 6.07) is 7.99. The number of aliphatic hydroxyl groups is 1. The van der Waals surface area contributed by atoms with E-state index in [9.17, 15) is 14.5 Å². The molecule has 1 aromatic carbocycles. The van der Waals surface area contributed by atoms with Crippen LogP contribution in [0.15, 0.2) is 24.3 Å². The summed E-state index contributed by atoms with van der Waals surface area (Å²) in [4.78, 5) is 10.3. The van der Waals surface area contributed by atoms with Crippen LogP contribution in [-0.2, 0) is 12.8 Å². The Morgan fingerprint density at radius 1 is 1.04 bits per heavy atom. The molecule has 0 radical (unpaired) electrons. The molecule has 4 nitrogen and oxygen atoms in total. The lowest BCUT2D eigenvalue weighted by Gasteiger charge is -2.19. The van der Waals surface area contributed by atoms with Crippen molar-refractivity contribution >= 4 is 0 Å². The summed E-state index contributed by atoms with van der Waals surface area (Å²) < 4.78 is 13.0. The van der Waals surface area contributed by atoms with Crippen molar-refractivity contribution in [1.82, 2.24) is 0 Å². The Kier molecular flexibility index (Phi) is 9.53. The molecule has 1 aromatic rings. The fraction of sp³-hybridized carbons (Fsp3) is 0.684. The summed E-state index contributed by atoms with van der Waals surface area (Å²) in [7, 11) is 0. The number of nitro groups is 1. The molecule has 1 N–H and O–H groups in total. The van der Waals surface area contributed by atoms with E-state index in [1.54, 1.807) is 0 Å². The number of rotatable bonds is 13. The van der Waals surface area contributed by atoms with E-state index < -0.39 is 23.7 Å². The van der Waals surface area contributed by atoms with Gasteiger partial charge in [0.05, 0.1) is 0 Å². The average Bonchev–Trinajstić information content (AvgIpc) is 2.60. The Labute approximate surface area is 144 Å². The Morgan fingerprint density at radius 3 is 2.08 bits per heavy atom. The zero-order valence-corrected chi connectivity index (χ0v) is 14.7. The third-order valence-electron chi connectivity index (χ3n) is 4.65. The SMILES string of the molecule is CCCCCCCCc1ccc(CCC(CO)(CF)[N+](=O)[O-])cc1. The van der Waals surface area contributed by atoms with Crippen molar-refractivity contribution in [2.75, 3.05) is 13.3 Å². The normalized spacial score (nSPS) is 13.6. The van der Waals surface area contributed by atoms with Crippen LogP contribution in [0.2, 0.25) is 0 Å². The van der Waals surface area contributed by atoms with Gasteiger partial charge >= 0.3 is 0 Å². The molecule has 5 heteroatoms. The summed E-state index contributed by atoms with van der Waals surface area (Å²) in [5.74, 6) is 0. The quantitative estimate of drug-likeness (QED) is 0.327. The predicted molar refractivity (Wildman–Crippen MR) is 94.6 cm³/mol. The molecular formula is C19H30FNO3. The molecule has 0 bridgehead atoms. The first-order valence-electron chi connectivity index (χ1n) is 8.97. The molecule has 24 heavy (non-hydrogen) atoms. The van der Waals surface area contributed by atoms with E-state index in [0.717, 1.165) is 12.0 Å². The number of benzene rings is 1. The van der Waals surface area contributed by atoms with Gasteiger partial charge in [-0.05, 0) is 30.4 Å². The number of hydrogen-bond donors (Lipinski definition) is 1. The van der Waals surface area contributed by atoms with Crippen molar-refractivity contribution in [2.45, 2.75) is 70.3 Å². The molecule has 0 saturated heterocycles. The first-order valence-corrected chi connectivity index (χ1v) is 8.97. The lowest BCUT2D eigenvalue weighted by molar-refractivity contribution is -0.576. The highest BCUT2D eigenvalue weighted by molar-refractivity contribution is 5.23. The number of hydrogen-bond acceptors (Lipinski definition) is 3. The van der Waals surface area contributed by atoms with Gasteiger partial charge < -0.3 is 5.11 Å². The molecule has 0 amide bonds. The highest BCUT2D eigenvalue weighted by Crippen LogP contribution is 2.20. The van der Waals surface area contributed by atoms with Crippen LogP contribution >= 0.6 is 0 Å². The molecule has 0 heterocycles. The molecule has 0 aromatic heterocycles. The van der Waals surface area contributed by atoms with Crippen molar-refractivity contribution in [1.29, 1.82) is 0 Å². The fourth-order valence-electron chi connectivity index (χ4n) is 2.75. The van der Waals surface area contributed by atoms with Gasteiger partial charge in [-0.15, -0.1) is 0 Å². The van der Waals surface area contributed by atoms with Crippen molar-refractivity contribution < 1.29 is 14.4 Å². The molecular weight excluding hydrogens is 309 g/mol. The van der Waals surface area contributed by atoms with Gasteiger partial charge in [0.1, 0.15) is 6.61 Å². The van der Waals surface area contributed by atoms with Gasteiger partial charge in [-0.25, -0.2) is 4.39 Å². The second-order valence-electron chi connectivity index (χ2n) is 6.61. The van der Waals surface area contributed by atoms with E-state index in [1.807, 2.05) is 24.3 Å². The van der Waals surface area contributed by atoms with Crippen LogP contribution in [0, 0.1) is 10.1 Å². The van der Waals surface area contributed by atoms with Gasteiger partial charge in [0.2, 0.25) is 0 Å². The second-order valence-corrected chi connectivity index (χ2v) is 6.61. The van der Waals surface area contributed by atoms with Crippen LogP contribution in [0.4, 0.5) is 4.39 Å². The summed E-state index contributed by atoms with van der Waals surface area (Å²) in [5.41, 5.74) is 0.342. The van der Waals surface area contributed by atoms with E-state index in [4.69, 9.17) is 5.11 Å². The second kappa shape index (κ2) is 11.1. The molecule has 0 aliphatic carbocycles. The maximum Gasteiger partial charge on any atom is 0.272 e. The lowest BCUT2D eigenvalue weighted by Crippen LogP contribution is -2.44. The predicted octanol–water partition coefficient (Wildman–Crippen LogP) is 4.50. The van der Waals surface area contributed by atoms with E-state index in [2.05, 4.69) is 6.92 Å². The standard InChI is InChI=1S/C19H30FNO3/c1-2-3-4-5-6-7-8-17-9-11-18(12-10-17)13-14-19(15-20,16-22)21(23)24/h9-12,22H,2-8,13-16H2,1H3. The molecule has 1 atom stereocenters. The van der Waals surface area contributed by atoms with E-state index in [0.29, 0.717) is 6.42 Å². The number of alkyl halides is 1. The topological polar surface area (TPSA) is 63.4 Å². The Morgan fingerprint density at radius 2 is 1.58 bits per heavy atom. The van der Waals surface area contributed by atoms with Gasteiger partial charge in [0.25, 0.3) is 5.54 Å². The largest absolute Gasteiger partial charge is 0.389 e. The van der Waals surface area contributed by atoms with Crippen molar-refractivity contribution in [2.24, 2.45) is 0 Å². The van der Waals surface area contributed by atoms with Crippen LogP contribution in [-0.4, -0.2) is 28.9 Å². The minimum Gasteiger partial charge on any atom is -0.389 e. The number of aliphatic hydroxyl groups excluding tert-OH is 1. The average molecular weight is 339 g/mol. The van der Waals surface area contributed by atoms with E-state index in [1.165, 1.54) is 44.1 Å². The van der Waals surface area contributed by atoms with Gasteiger partial charge in [-0.3, -0.25) is 10.1 Å². The third-order valence-corrected chi connectivity index (χ3v) is 4.65. The van der Waals surface area contributed by atoms with Crippen LogP contribution < -0.4 is 0 Å². The van der Waals surface area contributed by atoms with E-state index >= 15 is 0 Å². The van der Waals surface area contributed by atoms with Gasteiger partial charge in [0, 0.05) is 11.3 Å². The molecule has 1 unspecified atom stereocenters. The van der Waals surface area contributed by atoms with Crippen molar-refractivity contribution in [3.63, 3.8) is 0 Å². The summed E-state index contributed by atoms with van der Waals surface area (Å²) in [6.07, 6.45) is 9.05. The smallest absolute Gasteiger partial charge is 0.272 e. The molecule has 0 fully saturated rings. The molecule has 136 valence electrons. The number of nitrogens with zero attached hydrogens (tertiary/aromatic N) is 1. The summed E-state index contributed by atoms with van der Waals surface area (Å²) >= 11 is 0. The number of aryl methyl sites for hydroxylation is 2. The van der Waals surface area contributed by atoms with Crippen LogP contribution in [0.1, 0.15) is 63.0 Å². The summed E-state index contributed by atoms with van der Waals surface area (Å²) in [5, 5.41) is 20.1. The minimum atomic E-state index is -1.86. The van der Waals surface area contributed by atoms with Crippen LogP contribution in [0.25, 0.3) is 0 Å². The Hall–Kier alpha value is -1.49. The molecule has 1 rings (SSSR count). The van der Waals surface area contributed by atoms with Gasteiger partial charge in [-0.2, -0.15) is 0 Å². The first kappa shape index (κ1) is 20.6. The zero-order chi connectivity index (χ0) is 17.8. The van der Waals surface area contributed by atoms with Crippen molar-refractivity contribution in [3.8, 4) is 0 Å². The van der Waals surface area contributed by atoms with Gasteiger partial charge in [-0.1, -0.05) is 63.3 Å². The Bertz CT molecular complexity index is 472. The first-order chi connectivity index (χ1) is 11.6. The fourth-order valence-corrected chi connectivity index (χ4v) is 2.75. The van der Waals surface area contributed by atoms with Crippen LogP contribution in [0.3, 0.4) is 0 Å². The minimum absolute atomic E-state index is 0.00375. The van der Waals surface area contributed by atoms with Crippen molar-refractivity contribution in [3.05, 3.63) is 45.5 Å². The third kappa shape index (κ3) is 6.56. The van der Waals surface area contributed by atoms with Crippen LogP contribution in [0.5, 0.6) is 0 Å². The van der Waals surface area contributed by atoms with E-state index in [-0.39, 0.29) is 6.42 Å². The zero-order valence-electron chi connectivity index (χ0n) is 14.7. The van der Waals surface area contributed by atoms with Gasteiger partial charge in [0.15, 0.2) is 6.67 Å². The highest BCUT2D eigenvalue weighted by atomic mass is 19.1. The Balaban J connectivity index is 2.40. The highest BCUT2D eigenvalue weighted by Gasteiger charge is 2.42. The number of unbranched alkanes of at least 4 members (excludes halogenated alkanes) is 5. The maximum atomic E-state index is 13.0. The molecule has 0 aliphatic heterocycles. The summed E-state index contributed by atoms with van der Waals surface area (Å²) in [6.45, 7) is 0.296. The molecule has 0 spiro atoms. The maximum absolute atomic E-state index is 13.0. The molecule has 0 aliphatic rings. The molecule has 0 saturated carbocycles. The monoisotopic (exact) mass is 339 g/mol. The lowest BCUT2D eigenvalue weighted by atomic mass is 9.93.